The van der Waals surface area contributed by atoms with E-state index in [9.17, 15) is 4.79 Å². The molecule has 0 N–H and O–H groups in total. The Bertz CT molecular complexity index is 549. The van der Waals surface area contributed by atoms with Crippen LogP contribution in [0.1, 0.15) is 19.4 Å². The van der Waals surface area contributed by atoms with Crippen LogP contribution in [0.3, 0.4) is 0 Å². The predicted molar refractivity (Wildman–Crippen MR) is 92.9 cm³/mol. The standard InChI is InChI=1S/C19H28N2O3/c1-16(2)21-14-19(15-23-12-18(21)22)13-20(10-11-24-19)9-8-17-6-4-3-5-7-17/h3-7,16H,8-15H2,1-2H3. The molecule has 1 aromatic rings. The highest BCUT2D eigenvalue weighted by atomic mass is 16.5. The third-order valence-electron chi connectivity index (χ3n) is 4.88. The molecule has 1 unspecified atom stereocenters. The number of rotatable bonds is 4. The lowest BCUT2D eigenvalue weighted by Gasteiger charge is -2.44. The average molecular weight is 332 g/mol. The Morgan fingerprint density at radius 3 is 2.75 bits per heavy atom. The van der Waals surface area contributed by atoms with Gasteiger partial charge in [0.1, 0.15) is 12.2 Å². The van der Waals surface area contributed by atoms with E-state index in [-0.39, 0.29) is 18.6 Å². The van der Waals surface area contributed by atoms with E-state index in [4.69, 9.17) is 9.47 Å². The van der Waals surface area contributed by atoms with Crippen LogP contribution in [0.4, 0.5) is 0 Å². The summed E-state index contributed by atoms with van der Waals surface area (Å²) >= 11 is 0. The molecule has 0 saturated carbocycles. The summed E-state index contributed by atoms with van der Waals surface area (Å²) in [4.78, 5) is 16.5. The van der Waals surface area contributed by atoms with Crippen molar-refractivity contribution < 1.29 is 14.3 Å². The van der Waals surface area contributed by atoms with E-state index in [0.717, 1.165) is 26.1 Å². The monoisotopic (exact) mass is 332 g/mol. The van der Waals surface area contributed by atoms with E-state index < -0.39 is 5.60 Å². The highest BCUT2D eigenvalue weighted by molar-refractivity contribution is 5.78. The van der Waals surface area contributed by atoms with Crippen LogP contribution in [0, 0.1) is 0 Å². The van der Waals surface area contributed by atoms with E-state index in [0.29, 0.717) is 19.8 Å². The van der Waals surface area contributed by atoms with Gasteiger partial charge in [0.05, 0.1) is 19.8 Å². The minimum absolute atomic E-state index is 0.0619. The zero-order valence-corrected chi connectivity index (χ0v) is 14.7. The van der Waals surface area contributed by atoms with Crippen LogP contribution < -0.4 is 0 Å². The SMILES string of the molecule is CC(C)N1CC2(COCC1=O)CN(CCc1ccccc1)CCO2. The molecule has 1 atom stereocenters. The zero-order chi connectivity index (χ0) is 17.0. The maximum atomic E-state index is 12.2. The normalized spacial score (nSPS) is 26.1. The van der Waals surface area contributed by atoms with Crippen molar-refractivity contribution >= 4 is 5.91 Å². The number of benzene rings is 1. The molecule has 0 radical (unpaired) electrons. The molecule has 2 aliphatic rings. The van der Waals surface area contributed by atoms with Crippen molar-refractivity contribution in [3.63, 3.8) is 0 Å². The van der Waals surface area contributed by atoms with E-state index in [1.54, 1.807) is 0 Å². The van der Waals surface area contributed by atoms with Crippen molar-refractivity contribution in [3.8, 4) is 0 Å². The van der Waals surface area contributed by atoms with Gasteiger partial charge >= 0.3 is 0 Å². The van der Waals surface area contributed by atoms with Crippen molar-refractivity contribution in [1.82, 2.24) is 9.80 Å². The molecule has 1 spiro atoms. The van der Waals surface area contributed by atoms with Crippen LogP contribution in [0.25, 0.3) is 0 Å². The van der Waals surface area contributed by atoms with Crippen LogP contribution in [0.2, 0.25) is 0 Å². The van der Waals surface area contributed by atoms with Gasteiger partial charge in [-0.15, -0.1) is 0 Å². The molecule has 2 aliphatic heterocycles. The van der Waals surface area contributed by atoms with Gasteiger partial charge in [0.2, 0.25) is 5.91 Å². The molecule has 2 heterocycles. The highest BCUT2D eigenvalue weighted by Gasteiger charge is 2.42. The van der Waals surface area contributed by atoms with Crippen molar-refractivity contribution in [2.45, 2.75) is 31.9 Å². The number of hydrogen-bond donors (Lipinski definition) is 0. The van der Waals surface area contributed by atoms with Crippen molar-refractivity contribution in [1.29, 1.82) is 0 Å². The quantitative estimate of drug-likeness (QED) is 0.839. The zero-order valence-electron chi connectivity index (χ0n) is 14.7. The van der Waals surface area contributed by atoms with Crippen molar-refractivity contribution in [2.24, 2.45) is 0 Å². The first-order valence-electron chi connectivity index (χ1n) is 8.85. The van der Waals surface area contributed by atoms with E-state index >= 15 is 0 Å². The smallest absolute Gasteiger partial charge is 0.248 e. The van der Waals surface area contributed by atoms with Gasteiger partial charge in [-0.05, 0) is 25.8 Å². The Kier molecular flexibility index (Phi) is 5.54. The minimum atomic E-state index is -0.397. The number of hydrogen-bond acceptors (Lipinski definition) is 4. The molecule has 2 fully saturated rings. The van der Waals surface area contributed by atoms with Gasteiger partial charge in [-0.25, -0.2) is 0 Å². The predicted octanol–water partition coefficient (Wildman–Crippen LogP) is 1.57. The molecular weight excluding hydrogens is 304 g/mol. The molecule has 1 aromatic carbocycles. The lowest BCUT2D eigenvalue weighted by atomic mass is 10.0. The second-order valence-electron chi connectivity index (χ2n) is 7.15. The molecule has 5 nitrogen and oxygen atoms in total. The average Bonchev–Trinajstić information content (AvgIpc) is 2.74. The van der Waals surface area contributed by atoms with Gasteiger partial charge in [0, 0.05) is 25.7 Å². The van der Waals surface area contributed by atoms with Crippen LogP contribution >= 0.6 is 0 Å². The molecule has 0 aromatic heterocycles. The Labute approximate surface area is 144 Å². The molecule has 0 bridgehead atoms. The molecule has 24 heavy (non-hydrogen) atoms. The van der Waals surface area contributed by atoms with Gasteiger partial charge in [0.25, 0.3) is 0 Å². The number of morpholine rings is 1. The highest BCUT2D eigenvalue weighted by Crippen LogP contribution is 2.24. The minimum Gasteiger partial charge on any atom is -0.369 e. The molecule has 132 valence electrons. The maximum Gasteiger partial charge on any atom is 0.248 e. The van der Waals surface area contributed by atoms with Crippen molar-refractivity contribution in [2.75, 3.05) is 46.0 Å². The van der Waals surface area contributed by atoms with Gasteiger partial charge in [0.15, 0.2) is 0 Å². The second kappa shape index (κ2) is 7.64. The fraction of sp³-hybridized carbons (Fsp3) is 0.632. The lowest BCUT2D eigenvalue weighted by molar-refractivity contribution is -0.145. The number of ether oxygens (including phenoxy) is 2. The van der Waals surface area contributed by atoms with Crippen LogP contribution in [-0.4, -0.2) is 73.3 Å². The molecule has 1 amide bonds. The molecule has 5 heteroatoms. The summed E-state index contributed by atoms with van der Waals surface area (Å²) in [6.45, 7) is 8.81. The molecule has 3 rings (SSSR count). The number of carbonyl (C=O) groups is 1. The van der Waals surface area contributed by atoms with E-state index in [2.05, 4.69) is 29.2 Å². The summed E-state index contributed by atoms with van der Waals surface area (Å²) in [5, 5.41) is 0. The first kappa shape index (κ1) is 17.4. The van der Waals surface area contributed by atoms with Crippen LogP contribution in [0.15, 0.2) is 30.3 Å². The largest absolute Gasteiger partial charge is 0.369 e. The summed E-state index contributed by atoms with van der Waals surface area (Å²) < 4.78 is 11.8. The topological polar surface area (TPSA) is 42.0 Å². The Balaban J connectivity index is 1.63. The lowest BCUT2D eigenvalue weighted by Crippen LogP contribution is -2.60. The summed E-state index contributed by atoms with van der Waals surface area (Å²) in [5.74, 6) is 0.0619. The van der Waals surface area contributed by atoms with Gasteiger partial charge in [-0.2, -0.15) is 0 Å². The fourth-order valence-electron chi connectivity index (χ4n) is 3.55. The first-order chi connectivity index (χ1) is 11.6. The van der Waals surface area contributed by atoms with Gasteiger partial charge < -0.3 is 14.4 Å². The Morgan fingerprint density at radius 2 is 2.00 bits per heavy atom. The van der Waals surface area contributed by atoms with Gasteiger partial charge in [-0.3, -0.25) is 9.69 Å². The van der Waals surface area contributed by atoms with Crippen LogP contribution in [-0.2, 0) is 20.7 Å². The number of amides is 1. The first-order valence-corrected chi connectivity index (χ1v) is 8.85. The molecular formula is C19H28N2O3. The van der Waals surface area contributed by atoms with E-state index in [1.165, 1.54) is 5.56 Å². The van der Waals surface area contributed by atoms with E-state index in [1.807, 2.05) is 24.8 Å². The van der Waals surface area contributed by atoms with Crippen LogP contribution in [0.5, 0.6) is 0 Å². The summed E-state index contributed by atoms with van der Waals surface area (Å²) in [7, 11) is 0. The van der Waals surface area contributed by atoms with Gasteiger partial charge in [-0.1, -0.05) is 30.3 Å². The second-order valence-corrected chi connectivity index (χ2v) is 7.15. The van der Waals surface area contributed by atoms with Crippen molar-refractivity contribution in [3.05, 3.63) is 35.9 Å². The third-order valence-corrected chi connectivity index (χ3v) is 4.88. The number of nitrogens with zero attached hydrogens (tertiary/aromatic N) is 2. The maximum absolute atomic E-state index is 12.2. The Hall–Kier alpha value is -1.43. The molecule has 0 aliphatic carbocycles. The fourth-order valence-corrected chi connectivity index (χ4v) is 3.55. The Morgan fingerprint density at radius 1 is 1.21 bits per heavy atom. The summed E-state index contributed by atoms with van der Waals surface area (Å²) in [6, 6.07) is 10.7. The summed E-state index contributed by atoms with van der Waals surface area (Å²) in [5.41, 5.74) is 0.958. The molecule has 2 saturated heterocycles. The third kappa shape index (κ3) is 4.15. The summed E-state index contributed by atoms with van der Waals surface area (Å²) in [6.07, 6.45) is 1.03. The number of carbonyl (C=O) groups excluding carboxylic acids is 1.